The summed E-state index contributed by atoms with van der Waals surface area (Å²) >= 11 is 0. The van der Waals surface area contributed by atoms with Crippen LogP contribution in [0.3, 0.4) is 0 Å². The van der Waals surface area contributed by atoms with Gasteiger partial charge in [-0.05, 0) is 26.2 Å². The highest BCUT2D eigenvalue weighted by Crippen LogP contribution is 2.24. The predicted molar refractivity (Wildman–Crippen MR) is 73.5 cm³/mol. The molecule has 1 aromatic heterocycles. The number of carbonyl (C=O) groups is 1. The smallest absolute Gasteiger partial charge is 0.331 e. The lowest BCUT2D eigenvalue weighted by Gasteiger charge is -2.27. The van der Waals surface area contributed by atoms with E-state index in [-0.39, 0.29) is 19.0 Å². The summed E-state index contributed by atoms with van der Waals surface area (Å²) in [5.41, 5.74) is 0. The Hall–Kier alpha value is -1.44. The second-order valence-electron chi connectivity index (χ2n) is 4.99. The summed E-state index contributed by atoms with van der Waals surface area (Å²) < 4.78 is 17.7. The van der Waals surface area contributed by atoms with Crippen molar-refractivity contribution in [2.45, 2.75) is 44.6 Å². The van der Waals surface area contributed by atoms with Gasteiger partial charge in [0.05, 0.1) is 13.7 Å². The van der Waals surface area contributed by atoms with Gasteiger partial charge in [0.25, 0.3) is 0 Å². The molecule has 118 valence electrons. The Morgan fingerprint density at radius 3 is 3.05 bits per heavy atom. The first-order chi connectivity index (χ1) is 10.2. The Labute approximate surface area is 123 Å². The van der Waals surface area contributed by atoms with Gasteiger partial charge in [0.15, 0.2) is 12.3 Å². The molecule has 2 heterocycles. The first-order valence-electron chi connectivity index (χ1n) is 7.15. The maximum absolute atomic E-state index is 11.7. The van der Waals surface area contributed by atoms with E-state index >= 15 is 0 Å². The Morgan fingerprint density at radius 2 is 2.43 bits per heavy atom. The van der Waals surface area contributed by atoms with E-state index in [1.807, 2.05) is 6.92 Å². The fourth-order valence-electron chi connectivity index (χ4n) is 2.42. The summed E-state index contributed by atoms with van der Waals surface area (Å²) in [5, 5.41) is 9.41. The van der Waals surface area contributed by atoms with Crippen molar-refractivity contribution in [1.29, 1.82) is 0 Å². The molecule has 7 heteroatoms. The largest absolute Gasteiger partial charge is 0.467 e. The molecule has 7 nitrogen and oxygen atoms in total. The maximum Gasteiger partial charge on any atom is 0.331 e. The van der Waals surface area contributed by atoms with Crippen molar-refractivity contribution in [3.8, 4) is 0 Å². The quantitative estimate of drug-likeness (QED) is 0.794. The normalized spacial score (nSPS) is 21.8. The van der Waals surface area contributed by atoms with Gasteiger partial charge in [-0.2, -0.15) is 0 Å². The van der Waals surface area contributed by atoms with Crippen LogP contribution in [-0.4, -0.2) is 47.2 Å². The van der Waals surface area contributed by atoms with E-state index in [2.05, 4.69) is 4.98 Å². The maximum atomic E-state index is 11.7. The molecule has 1 saturated heterocycles. The number of aliphatic hydroxyl groups excluding tert-OH is 1. The van der Waals surface area contributed by atoms with Gasteiger partial charge in [-0.25, -0.2) is 9.78 Å². The van der Waals surface area contributed by atoms with E-state index in [9.17, 15) is 9.90 Å². The Bertz CT molecular complexity index is 456. The second kappa shape index (κ2) is 7.53. The molecule has 0 spiro atoms. The molecule has 21 heavy (non-hydrogen) atoms. The van der Waals surface area contributed by atoms with Crippen LogP contribution in [0.1, 0.15) is 44.2 Å². The van der Waals surface area contributed by atoms with Gasteiger partial charge in [-0.15, -0.1) is 0 Å². The summed E-state index contributed by atoms with van der Waals surface area (Å²) in [4.78, 5) is 15.9. The topological polar surface area (TPSA) is 82.8 Å². The zero-order valence-corrected chi connectivity index (χ0v) is 12.4. The van der Waals surface area contributed by atoms with Gasteiger partial charge in [-0.3, -0.25) is 0 Å². The zero-order valence-electron chi connectivity index (χ0n) is 12.4. The van der Waals surface area contributed by atoms with Crippen LogP contribution in [0.15, 0.2) is 12.4 Å². The SMILES string of the molecule is COC(=O)[C@@H](CO)n1ccnc1[C@H](C)OC1CCCCO1. The Morgan fingerprint density at radius 1 is 1.62 bits per heavy atom. The highest BCUT2D eigenvalue weighted by molar-refractivity contribution is 5.74. The average molecular weight is 298 g/mol. The van der Waals surface area contributed by atoms with Crippen molar-refractivity contribution in [2.24, 2.45) is 0 Å². The van der Waals surface area contributed by atoms with Crippen LogP contribution in [0.4, 0.5) is 0 Å². The minimum atomic E-state index is -0.814. The van der Waals surface area contributed by atoms with Crippen molar-refractivity contribution in [3.05, 3.63) is 18.2 Å². The second-order valence-corrected chi connectivity index (χ2v) is 4.99. The molecule has 0 bridgehead atoms. The molecule has 0 aromatic carbocycles. The summed E-state index contributed by atoms with van der Waals surface area (Å²) in [6.45, 7) is 2.19. The molecule has 1 aliphatic rings. The van der Waals surface area contributed by atoms with E-state index in [1.165, 1.54) is 7.11 Å². The van der Waals surface area contributed by atoms with E-state index in [4.69, 9.17) is 14.2 Å². The van der Waals surface area contributed by atoms with Crippen LogP contribution in [-0.2, 0) is 19.0 Å². The number of aliphatic hydroxyl groups is 1. The van der Waals surface area contributed by atoms with E-state index in [1.54, 1.807) is 17.0 Å². The first-order valence-corrected chi connectivity index (χ1v) is 7.15. The van der Waals surface area contributed by atoms with Gasteiger partial charge in [0.1, 0.15) is 11.9 Å². The Balaban J connectivity index is 2.08. The highest BCUT2D eigenvalue weighted by atomic mass is 16.7. The summed E-state index contributed by atoms with van der Waals surface area (Å²) in [6, 6.07) is -0.814. The molecule has 0 saturated carbocycles. The highest BCUT2D eigenvalue weighted by Gasteiger charge is 2.27. The first kappa shape index (κ1) is 15.9. The fourth-order valence-corrected chi connectivity index (χ4v) is 2.42. The molecule has 1 fully saturated rings. The van der Waals surface area contributed by atoms with E-state index in [0.29, 0.717) is 12.4 Å². The standard InChI is InChI=1S/C14H22N2O5/c1-10(21-12-5-3-4-8-20-12)13-15-6-7-16(13)11(9-17)14(18)19-2/h6-7,10-12,17H,3-5,8-9H2,1-2H3/t10-,11+,12?/m0/s1. The molecular formula is C14H22N2O5. The third kappa shape index (κ3) is 3.81. The predicted octanol–water partition coefficient (Wildman–Crippen LogP) is 1.19. The molecule has 0 aliphatic carbocycles. The lowest BCUT2D eigenvalue weighted by atomic mass is 10.2. The van der Waals surface area contributed by atoms with Gasteiger partial charge >= 0.3 is 5.97 Å². The molecule has 1 aromatic rings. The number of methoxy groups -OCH3 is 1. The number of ether oxygens (including phenoxy) is 3. The lowest BCUT2D eigenvalue weighted by Crippen LogP contribution is -2.28. The third-order valence-corrected chi connectivity index (χ3v) is 3.54. The minimum Gasteiger partial charge on any atom is -0.467 e. The monoisotopic (exact) mass is 298 g/mol. The van der Waals surface area contributed by atoms with Gasteiger partial charge in [0.2, 0.25) is 0 Å². The zero-order chi connectivity index (χ0) is 15.2. The molecule has 1 aliphatic heterocycles. The number of hydrogen-bond acceptors (Lipinski definition) is 6. The van der Waals surface area contributed by atoms with Crippen molar-refractivity contribution >= 4 is 5.97 Å². The third-order valence-electron chi connectivity index (χ3n) is 3.54. The molecule has 1 unspecified atom stereocenters. The summed E-state index contributed by atoms with van der Waals surface area (Å²) in [5.74, 6) is 0.0477. The lowest BCUT2D eigenvalue weighted by molar-refractivity contribution is -0.188. The van der Waals surface area contributed by atoms with Crippen molar-refractivity contribution in [2.75, 3.05) is 20.3 Å². The summed E-state index contributed by atoms with van der Waals surface area (Å²) in [7, 11) is 1.29. The number of aromatic nitrogens is 2. The molecule has 2 rings (SSSR count). The van der Waals surface area contributed by atoms with Crippen molar-refractivity contribution < 1.29 is 24.1 Å². The number of esters is 1. The molecule has 0 radical (unpaired) electrons. The van der Waals surface area contributed by atoms with Crippen molar-refractivity contribution in [1.82, 2.24) is 9.55 Å². The number of imidazole rings is 1. The van der Waals surface area contributed by atoms with Crippen LogP contribution in [0.25, 0.3) is 0 Å². The van der Waals surface area contributed by atoms with Crippen molar-refractivity contribution in [3.63, 3.8) is 0 Å². The van der Waals surface area contributed by atoms with Crippen LogP contribution in [0.5, 0.6) is 0 Å². The molecular weight excluding hydrogens is 276 g/mol. The molecule has 0 amide bonds. The van der Waals surface area contributed by atoms with Gasteiger partial charge < -0.3 is 23.9 Å². The van der Waals surface area contributed by atoms with E-state index < -0.39 is 12.0 Å². The van der Waals surface area contributed by atoms with Crippen LogP contribution >= 0.6 is 0 Å². The molecule has 3 atom stereocenters. The van der Waals surface area contributed by atoms with Crippen LogP contribution in [0.2, 0.25) is 0 Å². The minimum absolute atomic E-state index is 0.246. The van der Waals surface area contributed by atoms with Crippen LogP contribution < -0.4 is 0 Å². The Kier molecular flexibility index (Phi) is 5.72. The van der Waals surface area contributed by atoms with Crippen LogP contribution in [0, 0.1) is 0 Å². The molecule has 1 N–H and O–H groups in total. The number of rotatable bonds is 6. The number of nitrogens with zero attached hydrogens (tertiary/aromatic N) is 2. The van der Waals surface area contributed by atoms with Gasteiger partial charge in [-0.1, -0.05) is 0 Å². The average Bonchev–Trinajstić information content (AvgIpc) is 2.98. The fraction of sp³-hybridized carbons (Fsp3) is 0.714. The van der Waals surface area contributed by atoms with Gasteiger partial charge in [0, 0.05) is 19.0 Å². The number of carbonyl (C=O) groups excluding carboxylic acids is 1. The van der Waals surface area contributed by atoms with E-state index in [0.717, 1.165) is 19.3 Å². The summed E-state index contributed by atoms with van der Waals surface area (Å²) in [6.07, 6.45) is 5.60. The number of hydrogen-bond donors (Lipinski definition) is 1.